The fourth-order valence-corrected chi connectivity index (χ4v) is 2.53. The summed E-state index contributed by atoms with van der Waals surface area (Å²) in [6.07, 6.45) is 0.699. The highest BCUT2D eigenvalue weighted by molar-refractivity contribution is 5.77. The van der Waals surface area contributed by atoms with E-state index in [9.17, 15) is 4.79 Å². The Labute approximate surface area is 148 Å². The Kier molecular flexibility index (Phi) is 6.69. The second-order valence-corrected chi connectivity index (χ2v) is 5.86. The van der Waals surface area contributed by atoms with Crippen LogP contribution >= 0.6 is 0 Å². The van der Waals surface area contributed by atoms with Crippen molar-refractivity contribution in [1.82, 2.24) is 5.32 Å². The number of hydrogen-bond acceptors (Lipinski definition) is 4. The Morgan fingerprint density at radius 2 is 1.56 bits per heavy atom. The van der Waals surface area contributed by atoms with E-state index in [2.05, 4.69) is 11.4 Å². The number of nitrogens with one attached hydrogen (secondary N) is 1. The molecule has 2 rings (SSSR count). The largest absolute Gasteiger partial charge is 0.496 e. The maximum absolute atomic E-state index is 12.0. The molecular formula is C20H25NO4. The van der Waals surface area contributed by atoms with Gasteiger partial charge >= 0.3 is 0 Å². The molecule has 0 bridgehead atoms. The summed E-state index contributed by atoms with van der Waals surface area (Å²) in [6, 6.07) is 11.6. The van der Waals surface area contributed by atoms with Crippen LogP contribution in [0.2, 0.25) is 0 Å². The smallest absolute Gasteiger partial charge is 0.257 e. The molecule has 25 heavy (non-hydrogen) atoms. The summed E-state index contributed by atoms with van der Waals surface area (Å²) in [7, 11) is 3.23. The highest BCUT2D eigenvalue weighted by Crippen LogP contribution is 2.27. The molecule has 0 saturated heterocycles. The minimum atomic E-state index is -0.172. The molecule has 0 heterocycles. The summed E-state index contributed by atoms with van der Waals surface area (Å²) < 4.78 is 16.2. The van der Waals surface area contributed by atoms with Gasteiger partial charge in [-0.1, -0.05) is 23.8 Å². The molecule has 0 spiro atoms. The van der Waals surface area contributed by atoms with E-state index in [0.717, 1.165) is 22.4 Å². The van der Waals surface area contributed by atoms with E-state index in [1.807, 2.05) is 38.1 Å². The molecule has 134 valence electrons. The Hall–Kier alpha value is -2.69. The lowest BCUT2D eigenvalue weighted by Gasteiger charge is -2.12. The number of ether oxygens (including phenoxy) is 3. The summed E-state index contributed by atoms with van der Waals surface area (Å²) in [6.45, 7) is 4.47. The average Bonchev–Trinajstić information content (AvgIpc) is 2.60. The van der Waals surface area contributed by atoms with Gasteiger partial charge in [-0.15, -0.1) is 0 Å². The maximum Gasteiger partial charge on any atom is 0.257 e. The quantitative estimate of drug-likeness (QED) is 0.800. The topological polar surface area (TPSA) is 56.8 Å². The van der Waals surface area contributed by atoms with Gasteiger partial charge in [-0.3, -0.25) is 4.79 Å². The van der Waals surface area contributed by atoms with Crippen molar-refractivity contribution in [3.63, 3.8) is 0 Å². The first-order valence-electron chi connectivity index (χ1n) is 8.21. The third-order valence-electron chi connectivity index (χ3n) is 3.83. The molecule has 2 aromatic carbocycles. The van der Waals surface area contributed by atoms with Crippen LogP contribution in [0.1, 0.15) is 16.7 Å². The average molecular weight is 343 g/mol. The number of benzene rings is 2. The Bertz CT molecular complexity index is 728. The molecule has 0 aliphatic heterocycles. The van der Waals surface area contributed by atoms with Crippen LogP contribution in [0.5, 0.6) is 17.2 Å². The van der Waals surface area contributed by atoms with E-state index < -0.39 is 0 Å². The van der Waals surface area contributed by atoms with Gasteiger partial charge in [-0.25, -0.2) is 0 Å². The van der Waals surface area contributed by atoms with E-state index in [1.165, 1.54) is 0 Å². The van der Waals surface area contributed by atoms with Crippen LogP contribution < -0.4 is 19.5 Å². The van der Waals surface area contributed by atoms with Crippen molar-refractivity contribution in [3.05, 3.63) is 53.1 Å². The number of aryl methyl sites for hydroxylation is 2. The highest BCUT2D eigenvalue weighted by Gasteiger charge is 2.08. The third kappa shape index (κ3) is 5.41. The number of hydrogen-bond donors (Lipinski definition) is 1. The highest BCUT2D eigenvalue weighted by atomic mass is 16.5. The molecule has 0 unspecified atom stereocenters. The first kappa shape index (κ1) is 18.6. The number of rotatable bonds is 8. The standard InChI is InChI=1S/C20H25NO4/c1-14-5-7-17(23-3)16(11-14)9-10-21-20(22)13-25-18-8-6-15(2)12-19(18)24-4/h5-8,11-12H,9-10,13H2,1-4H3,(H,21,22). The summed E-state index contributed by atoms with van der Waals surface area (Å²) in [5.41, 5.74) is 3.31. The fourth-order valence-electron chi connectivity index (χ4n) is 2.53. The van der Waals surface area contributed by atoms with Gasteiger partial charge in [0.15, 0.2) is 18.1 Å². The van der Waals surface area contributed by atoms with Crippen LogP contribution in [0, 0.1) is 13.8 Å². The van der Waals surface area contributed by atoms with E-state index in [0.29, 0.717) is 24.5 Å². The minimum Gasteiger partial charge on any atom is -0.496 e. The zero-order valence-electron chi connectivity index (χ0n) is 15.2. The van der Waals surface area contributed by atoms with Gasteiger partial charge in [0.05, 0.1) is 14.2 Å². The molecule has 0 aliphatic rings. The van der Waals surface area contributed by atoms with Gasteiger partial charge < -0.3 is 19.5 Å². The fraction of sp³-hybridized carbons (Fsp3) is 0.350. The SMILES string of the molecule is COc1ccc(C)cc1CCNC(=O)COc1ccc(C)cc1OC. The van der Waals surface area contributed by atoms with Gasteiger partial charge in [0.2, 0.25) is 0 Å². The Morgan fingerprint density at radius 3 is 2.24 bits per heavy atom. The molecule has 1 amide bonds. The molecule has 5 nitrogen and oxygen atoms in total. The summed E-state index contributed by atoms with van der Waals surface area (Å²) in [5, 5.41) is 2.86. The van der Waals surface area contributed by atoms with Gasteiger partial charge in [0.1, 0.15) is 5.75 Å². The van der Waals surface area contributed by atoms with Crippen LogP contribution in [0.3, 0.4) is 0 Å². The predicted octanol–water partition coefficient (Wildman–Crippen LogP) is 3.06. The summed E-state index contributed by atoms with van der Waals surface area (Å²) in [5.74, 6) is 1.84. The molecule has 1 N–H and O–H groups in total. The van der Waals surface area contributed by atoms with Crippen molar-refractivity contribution in [3.8, 4) is 17.2 Å². The monoisotopic (exact) mass is 343 g/mol. The molecule has 2 aromatic rings. The number of amides is 1. The summed E-state index contributed by atoms with van der Waals surface area (Å²) in [4.78, 5) is 12.0. The van der Waals surface area contributed by atoms with Crippen molar-refractivity contribution in [1.29, 1.82) is 0 Å². The number of carbonyl (C=O) groups is 1. The molecule has 0 aliphatic carbocycles. The van der Waals surface area contributed by atoms with Crippen molar-refractivity contribution in [2.45, 2.75) is 20.3 Å². The first-order valence-corrected chi connectivity index (χ1v) is 8.21. The molecule has 0 atom stereocenters. The van der Waals surface area contributed by atoms with Crippen LogP contribution in [-0.4, -0.2) is 33.3 Å². The van der Waals surface area contributed by atoms with Gasteiger partial charge in [-0.05, 0) is 49.6 Å². The molecular weight excluding hydrogens is 318 g/mol. The van der Waals surface area contributed by atoms with Gasteiger partial charge in [0.25, 0.3) is 5.91 Å². The van der Waals surface area contributed by atoms with Crippen molar-refractivity contribution >= 4 is 5.91 Å². The molecule has 0 saturated carbocycles. The molecule has 0 fully saturated rings. The van der Waals surface area contributed by atoms with Crippen LogP contribution in [-0.2, 0) is 11.2 Å². The van der Waals surface area contributed by atoms with E-state index in [1.54, 1.807) is 20.3 Å². The maximum atomic E-state index is 12.0. The van der Waals surface area contributed by atoms with E-state index in [-0.39, 0.29) is 12.5 Å². The van der Waals surface area contributed by atoms with Crippen LogP contribution in [0.15, 0.2) is 36.4 Å². The normalized spacial score (nSPS) is 10.2. The predicted molar refractivity (Wildman–Crippen MR) is 97.7 cm³/mol. The van der Waals surface area contributed by atoms with Crippen molar-refractivity contribution < 1.29 is 19.0 Å². The van der Waals surface area contributed by atoms with Crippen molar-refractivity contribution in [2.24, 2.45) is 0 Å². The zero-order chi connectivity index (χ0) is 18.2. The van der Waals surface area contributed by atoms with Crippen LogP contribution in [0.25, 0.3) is 0 Å². The number of methoxy groups -OCH3 is 2. The van der Waals surface area contributed by atoms with Crippen molar-refractivity contribution in [2.75, 3.05) is 27.4 Å². The first-order chi connectivity index (χ1) is 12.0. The molecule has 5 heteroatoms. The Morgan fingerprint density at radius 1 is 0.920 bits per heavy atom. The summed E-state index contributed by atoms with van der Waals surface area (Å²) >= 11 is 0. The second-order valence-electron chi connectivity index (χ2n) is 5.86. The van der Waals surface area contributed by atoms with Gasteiger partial charge in [0, 0.05) is 6.54 Å². The van der Waals surface area contributed by atoms with E-state index >= 15 is 0 Å². The zero-order valence-corrected chi connectivity index (χ0v) is 15.2. The Balaban J connectivity index is 1.83. The van der Waals surface area contributed by atoms with E-state index in [4.69, 9.17) is 14.2 Å². The second kappa shape index (κ2) is 8.97. The van der Waals surface area contributed by atoms with Gasteiger partial charge in [-0.2, -0.15) is 0 Å². The minimum absolute atomic E-state index is 0.0512. The van der Waals surface area contributed by atoms with Crippen LogP contribution in [0.4, 0.5) is 0 Å². The molecule has 0 aromatic heterocycles. The lowest BCUT2D eigenvalue weighted by molar-refractivity contribution is -0.123. The lowest BCUT2D eigenvalue weighted by atomic mass is 10.1. The number of carbonyl (C=O) groups excluding carboxylic acids is 1. The lowest BCUT2D eigenvalue weighted by Crippen LogP contribution is -2.30. The third-order valence-corrected chi connectivity index (χ3v) is 3.83. The molecule has 0 radical (unpaired) electrons.